The van der Waals surface area contributed by atoms with Gasteiger partial charge in [-0.25, -0.2) is 0 Å². The molecule has 1 fully saturated rings. The molecule has 1 saturated carbocycles. The van der Waals surface area contributed by atoms with E-state index in [1.165, 1.54) is 0 Å². The summed E-state index contributed by atoms with van der Waals surface area (Å²) in [6.07, 6.45) is 0. The van der Waals surface area contributed by atoms with Gasteiger partial charge in [0.2, 0.25) is 0 Å². The van der Waals surface area contributed by atoms with Crippen molar-refractivity contribution in [2.45, 2.75) is 32.7 Å². The van der Waals surface area contributed by atoms with Crippen LogP contribution in [0.5, 0.6) is 11.5 Å². The quantitative estimate of drug-likeness (QED) is 0.823. The van der Waals surface area contributed by atoms with Crippen LogP contribution in [0, 0.1) is 5.41 Å². The maximum Gasteiger partial charge on any atom is 0.161 e. The fraction of sp³-hybridized carbons (Fsp3) is 0.538. The van der Waals surface area contributed by atoms with Gasteiger partial charge in [0.15, 0.2) is 11.5 Å². The van der Waals surface area contributed by atoms with Gasteiger partial charge in [-0.05, 0) is 18.4 Å². The Morgan fingerprint density at radius 1 is 1.44 bits per heavy atom. The lowest BCUT2D eigenvalue weighted by Crippen LogP contribution is -2.06. The van der Waals surface area contributed by atoms with Gasteiger partial charge in [0, 0.05) is 17.5 Å². The smallest absolute Gasteiger partial charge is 0.161 e. The lowest BCUT2D eigenvalue weighted by Gasteiger charge is -2.10. The largest absolute Gasteiger partial charge is 0.504 e. The van der Waals surface area contributed by atoms with Crippen LogP contribution in [-0.4, -0.2) is 17.8 Å². The van der Waals surface area contributed by atoms with E-state index in [1.807, 2.05) is 19.1 Å². The Labute approximate surface area is 96.2 Å². The Morgan fingerprint density at radius 3 is 2.56 bits per heavy atom. The number of aromatic hydroxyl groups is 1. The molecule has 3 nitrogen and oxygen atoms in total. The second-order valence-corrected chi connectivity index (χ2v) is 4.95. The van der Waals surface area contributed by atoms with E-state index in [9.17, 15) is 5.11 Å². The van der Waals surface area contributed by atoms with Crippen LogP contribution in [0.25, 0.3) is 0 Å². The van der Waals surface area contributed by atoms with Crippen LogP contribution >= 0.6 is 0 Å². The number of phenolic OH excluding ortho intramolecular Hbond substituents is 1. The molecular formula is C13H19NO2. The highest BCUT2D eigenvalue weighted by molar-refractivity contribution is 5.51. The molecule has 88 valence electrons. The predicted molar refractivity (Wildman–Crippen MR) is 63.8 cm³/mol. The molecule has 1 aliphatic rings. The van der Waals surface area contributed by atoms with Crippen molar-refractivity contribution in [2.75, 3.05) is 6.61 Å². The number of para-hydroxylation sites is 1. The molecule has 0 spiro atoms. The summed E-state index contributed by atoms with van der Waals surface area (Å²) in [6, 6.07) is 5.73. The number of hydrogen-bond donors (Lipinski definition) is 2. The Bertz CT molecular complexity index is 401. The topological polar surface area (TPSA) is 55.5 Å². The zero-order valence-electron chi connectivity index (χ0n) is 10.0. The first-order valence-electron chi connectivity index (χ1n) is 5.70. The van der Waals surface area contributed by atoms with E-state index < -0.39 is 0 Å². The van der Waals surface area contributed by atoms with Crippen molar-refractivity contribution in [3.63, 3.8) is 0 Å². The predicted octanol–water partition coefficient (Wildman–Crippen LogP) is 2.24. The van der Waals surface area contributed by atoms with Crippen LogP contribution in [0.4, 0.5) is 0 Å². The fourth-order valence-electron chi connectivity index (χ4n) is 2.33. The molecule has 0 saturated heterocycles. The number of phenols is 1. The molecule has 1 aromatic carbocycles. The van der Waals surface area contributed by atoms with Gasteiger partial charge in [0.1, 0.15) is 0 Å². The summed E-state index contributed by atoms with van der Waals surface area (Å²) in [5.74, 6) is 1.03. The molecule has 3 heteroatoms. The number of ether oxygens (including phenoxy) is 1. The minimum absolute atomic E-state index is 0.0717. The van der Waals surface area contributed by atoms with Gasteiger partial charge in [0.05, 0.1) is 6.61 Å². The third kappa shape index (κ3) is 1.55. The minimum Gasteiger partial charge on any atom is -0.504 e. The van der Waals surface area contributed by atoms with E-state index in [1.54, 1.807) is 6.07 Å². The molecule has 1 aliphatic carbocycles. The van der Waals surface area contributed by atoms with Gasteiger partial charge in [-0.3, -0.25) is 0 Å². The standard InChI is InChI=1S/C13H19NO2/c1-4-16-9-7-5-6-8(11(9)15)10-12(14)13(10,2)3/h5-7,10,12,15H,4,14H2,1-3H3/t10-,12-/m0/s1. The first-order valence-corrected chi connectivity index (χ1v) is 5.70. The van der Waals surface area contributed by atoms with Gasteiger partial charge >= 0.3 is 0 Å². The number of rotatable bonds is 3. The molecule has 0 amide bonds. The fourth-order valence-corrected chi connectivity index (χ4v) is 2.33. The Morgan fingerprint density at radius 2 is 2.06 bits per heavy atom. The van der Waals surface area contributed by atoms with Crippen LogP contribution in [0.2, 0.25) is 0 Å². The molecule has 3 N–H and O–H groups in total. The first-order chi connectivity index (χ1) is 7.50. The third-order valence-electron chi connectivity index (χ3n) is 3.58. The van der Waals surface area contributed by atoms with Crippen LogP contribution in [0.15, 0.2) is 18.2 Å². The van der Waals surface area contributed by atoms with Crippen LogP contribution < -0.4 is 10.5 Å². The molecule has 16 heavy (non-hydrogen) atoms. The maximum absolute atomic E-state index is 10.1. The van der Waals surface area contributed by atoms with Gasteiger partial charge in [-0.1, -0.05) is 26.0 Å². The van der Waals surface area contributed by atoms with Gasteiger partial charge < -0.3 is 15.6 Å². The second-order valence-electron chi connectivity index (χ2n) is 4.95. The number of benzene rings is 1. The molecule has 2 atom stereocenters. The monoisotopic (exact) mass is 221 g/mol. The zero-order chi connectivity index (χ0) is 11.9. The highest BCUT2D eigenvalue weighted by atomic mass is 16.5. The van der Waals surface area contributed by atoms with Crippen LogP contribution in [0.1, 0.15) is 32.3 Å². The summed E-state index contributed by atoms with van der Waals surface area (Å²) in [4.78, 5) is 0. The molecule has 1 aromatic rings. The van der Waals surface area contributed by atoms with Crippen molar-refractivity contribution in [3.05, 3.63) is 23.8 Å². The molecule has 0 aliphatic heterocycles. The highest BCUT2D eigenvalue weighted by Gasteiger charge is 2.57. The molecule has 0 aromatic heterocycles. The van der Waals surface area contributed by atoms with Crippen molar-refractivity contribution in [3.8, 4) is 11.5 Å². The van der Waals surface area contributed by atoms with Crippen molar-refractivity contribution >= 4 is 0 Å². The summed E-state index contributed by atoms with van der Waals surface area (Å²) >= 11 is 0. The third-order valence-corrected chi connectivity index (χ3v) is 3.58. The van der Waals surface area contributed by atoms with Gasteiger partial charge in [0.25, 0.3) is 0 Å². The zero-order valence-corrected chi connectivity index (χ0v) is 10.0. The SMILES string of the molecule is CCOc1cccc([C@H]2[C@H](N)C2(C)C)c1O. The van der Waals surface area contributed by atoms with E-state index in [0.717, 1.165) is 5.56 Å². The van der Waals surface area contributed by atoms with E-state index in [4.69, 9.17) is 10.5 Å². The molecule has 2 rings (SSSR count). The molecule has 0 unspecified atom stereocenters. The summed E-state index contributed by atoms with van der Waals surface area (Å²) in [7, 11) is 0. The Hall–Kier alpha value is -1.22. The highest BCUT2D eigenvalue weighted by Crippen LogP contribution is 2.59. The van der Waals surface area contributed by atoms with E-state index in [2.05, 4.69) is 13.8 Å². The summed E-state index contributed by atoms with van der Waals surface area (Å²) < 4.78 is 5.37. The van der Waals surface area contributed by atoms with Crippen LogP contribution in [-0.2, 0) is 0 Å². The minimum atomic E-state index is 0.0717. The maximum atomic E-state index is 10.1. The summed E-state index contributed by atoms with van der Waals surface area (Å²) in [5.41, 5.74) is 6.99. The van der Waals surface area contributed by atoms with Crippen molar-refractivity contribution < 1.29 is 9.84 Å². The normalized spacial score (nSPS) is 26.5. The van der Waals surface area contributed by atoms with E-state index in [0.29, 0.717) is 12.4 Å². The van der Waals surface area contributed by atoms with Crippen molar-refractivity contribution in [2.24, 2.45) is 11.1 Å². The van der Waals surface area contributed by atoms with Crippen LogP contribution in [0.3, 0.4) is 0 Å². The van der Waals surface area contributed by atoms with Gasteiger partial charge in [-0.15, -0.1) is 0 Å². The lowest BCUT2D eigenvalue weighted by atomic mass is 10.0. The summed E-state index contributed by atoms with van der Waals surface area (Å²) in [5, 5.41) is 10.1. The second kappa shape index (κ2) is 3.67. The number of hydrogen-bond acceptors (Lipinski definition) is 3. The number of nitrogens with two attached hydrogens (primary N) is 1. The molecule has 0 bridgehead atoms. The Kier molecular flexibility index (Phi) is 2.58. The molecule has 0 heterocycles. The van der Waals surface area contributed by atoms with Crippen molar-refractivity contribution in [1.29, 1.82) is 0 Å². The molecular weight excluding hydrogens is 202 g/mol. The lowest BCUT2D eigenvalue weighted by molar-refractivity contribution is 0.316. The summed E-state index contributed by atoms with van der Waals surface area (Å²) in [6.45, 7) is 6.69. The molecule has 0 radical (unpaired) electrons. The average molecular weight is 221 g/mol. The van der Waals surface area contributed by atoms with Crippen molar-refractivity contribution in [1.82, 2.24) is 0 Å². The van der Waals surface area contributed by atoms with Gasteiger partial charge in [-0.2, -0.15) is 0 Å². The van der Waals surface area contributed by atoms with E-state index >= 15 is 0 Å². The van der Waals surface area contributed by atoms with E-state index in [-0.39, 0.29) is 23.1 Å². The average Bonchev–Trinajstić information content (AvgIpc) is 2.71. The first kappa shape index (κ1) is 11.3. The Balaban J connectivity index is 2.33.